The molecule has 0 fully saturated rings. The van der Waals surface area contributed by atoms with E-state index in [1.54, 1.807) is 6.07 Å². The molecule has 0 aliphatic heterocycles. The van der Waals surface area contributed by atoms with Crippen LogP contribution in [0.15, 0.2) is 52.1 Å². The van der Waals surface area contributed by atoms with Crippen LogP contribution >= 0.6 is 15.9 Å². The highest BCUT2D eigenvalue weighted by Crippen LogP contribution is 2.37. The number of rotatable bonds is 4. The maximum Gasteiger partial charge on any atom is 0.279 e. The lowest BCUT2D eigenvalue weighted by molar-refractivity contribution is -0.384. The van der Waals surface area contributed by atoms with Gasteiger partial charge in [0.15, 0.2) is 0 Å². The highest BCUT2D eigenvalue weighted by Gasteiger charge is 2.19. The quantitative estimate of drug-likeness (QED) is 0.262. The lowest BCUT2D eigenvalue weighted by Crippen LogP contribution is -1.95. The Morgan fingerprint density at radius 2 is 1.95 bits per heavy atom. The van der Waals surface area contributed by atoms with Crippen LogP contribution in [-0.2, 0) is 6.42 Å². The summed E-state index contributed by atoms with van der Waals surface area (Å²) in [5.74, 6) is 0. The number of azide groups is 1. The Bertz CT molecular complexity index is 697. The van der Waals surface area contributed by atoms with E-state index in [2.05, 4.69) is 26.0 Å². The molecular formula is C13H9BrN4O2. The number of benzene rings is 2. The lowest BCUT2D eigenvalue weighted by Gasteiger charge is -2.08. The molecular weight excluding hydrogens is 324 g/mol. The molecule has 6 nitrogen and oxygen atoms in total. The molecule has 0 unspecified atom stereocenters. The van der Waals surface area contributed by atoms with Crippen LogP contribution in [0.2, 0.25) is 0 Å². The van der Waals surface area contributed by atoms with Gasteiger partial charge in [0.05, 0.1) is 4.92 Å². The molecule has 0 aliphatic rings. The fourth-order valence-electron chi connectivity index (χ4n) is 1.87. The molecule has 0 amide bonds. The molecule has 0 radical (unpaired) electrons. The van der Waals surface area contributed by atoms with Crippen LogP contribution in [0, 0.1) is 10.1 Å². The minimum atomic E-state index is -0.551. The van der Waals surface area contributed by atoms with Gasteiger partial charge in [-0.3, -0.25) is 10.1 Å². The molecule has 2 aromatic rings. The third-order valence-corrected chi connectivity index (χ3v) is 3.51. The lowest BCUT2D eigenvalue weighted by atomic mass is 10.0. The SMILES string of the molecule is [N-]=[N+]=Nc1c([N+](=O)[O-])ccc(Br)c1Cc1ccccc1. The summed E-state index contributed by atoms with van der Waals surface area (Å²) in [4.78, 5) is 13.2. The van der Waals surface area contributed by atoms with Crippen LogP contribution in [0.3, 0.4) is 0 Å². The van der Waals surface area contributed by atoms with Gasteiger partial charge in [0.25, 0.3) is 5.69 Å². The van der Waals surface area contributed by atoms with Gasteiger partial charge in [0, 0.05) is 15.5 Å². The topological polar surface area (TPSA) is 91.9 Å². The Balaban J connectivity index is 2.58. The summed E-state index contributed by atoms with van der Waals surface area (Å²) in [5, 5.41) is 14.5. The first-order valence-corrected chi connectivity index (χ1v) is 6.47. The second kappa shape index (κ2) is 6.18. The molecule has 0 saturated carbocycles. The van der Waals surface area contributed by atoms with E-state index in [-0.39, 0.29) is 11.4 Å². The minimum Gasteiger partial charge on any atom is -0.258 e. The number of hydrogen-bond donors (Lipinski definition) is 0. The van der Waals surface area contributed by atoms with Crippen LogP contribution in [0.5, 0.6) is 0 Å². The van der Waals surface area contributed by atoms with Gasteiger partial charge >= 0.3 is 0 Å². The predicted molar refractivity (Wildman–Crippen MR) is 78.9 cm³/mol. The van der Waals surface area contributed by atoms with Crippen molar-refractivity contribution in [1.82, 2.24) is 0 Å². The molecule has 0 heterocycles. The zero-order chi connectivity index (χ0) is 14.5. The first kappa shape index (κ1) is 14.0. The molecule has 100 valence electrons. The molecule has 0 N–H and O–H groups in total. The monoisotopic (exact) mass is 332 g/mol. The fraction of sp³-hybridized carbons (Fsp3) is 0.0769. The maximum absolute atomic E-state index is 11.0. The van der Waals surface area contributed by atoms with Crippen molar-refractivity contribution < 1.29 is 4.92 Å². The second-order valence-corrected chi connectivity index (χ2v) is 4.86. The molecule has 20 heavy (non-hydrogen) atoms. The van der Waals surface area contributed by atoms with Gasteiger partial charge in [-0.2, -0.15) is 0 Å². The van der Waals surface area contributed by atoms with Gasteiger partial charge < -0.3 is 0 Å². The highest BCUT2D eigenvalue weighted by molar-refractivity contribution is 9.10. The van der Waals surface area contributed by atoms with Crippen LogP contribution in [0.4, 0.5) is 11.4 Å². The van der Waals surface area contributed by atoms with E-state index >= 15 is 0 Å². The van der Waals surface area contributed by atoms with Crippen molar-refractivity contribution in [3.63, 3.8) is 0 Å². The number of halogens is 1. The Hall–Kier alpha value is -2.37. The summed E-state index contributed by atoms with van der Waals surface area (Å²) in [5.41, 5.74) is 10.1. The van der Waals surface area contributed by atoms with Gasteiger partial charge in [-0.15, -0.1) is 0 Å². The summed E-state index contributed by atoms with van der Waals surface area (Å²) in [6.07, 6.45) is 0.442. The zero-order valence-electron chi connectivity index (χ0n) is 10.2. The fourth-order valence-corrected chi connectivity index (χ4v) is 2.33. The van der Waals surface area contributed by atoms with Crippen molar-refractivity contribution in [2.75, 3.05) is 0 Å². The summed E-state index contributed by atoms with van der Waals surface area (Å²) >= 11 is 3.35. The van der Waals surface area contributed by atoms with Crippen molar-refractivity contribution >= 4 is 27.3 Å². The van der Waals surface area contributed by atoms with Gasteiger partial charge in [-0.1, -0.05) is 51.4 Å². The molecule has 0 bridgehead atoms. The van der Waals surface area contributed by atoms with Crippen LogP contribution < -0.4 is 0 Å². The van der Waals surface area contributed by atoms with Gasteiger partial charge in [-0.05, 0) is 29.1 Å². The normalized spacial score (nSPS) is 9.85. The van der Waals surface area contributed by atoms with Gasteiger partial charge in [0.1, 0.15) is 5.69 Å². The van der Waals surface area contributed by atoms with E-state index in [0.29, 0.717) is 16.5 Å². The Morgan fingerprint density at radius 3 is 2.55 bits per heavy atom. The second-order valence-electron chi connectivity index (χ2n) is 4.00. The van der Waals surface area contributed by atoms with Crippen molar-refractivity contribution in [3.8, 4) is 0 Å². The molecule has 0 atom stereocenters. The van der Waals surface area contributed by atoms with E-state index in [1.807, 2.05) is 30.3 Å². The Morgan fingerprint density at radius 1 is 1.25 bits per heavy atom. The molecule has 2 rings (SSSR count). The van der Waals surface area contributed by atoms with E-state index in [9.17, 15) is 10.1 Å². The highest BCUT2D eigenvalue weighted by atomic mass is 79.9. The third kappa shape index (κ3) is 2.96. The minimum absolute atomic E-state index is 0.0516. The standard InChI is InChI=1S/C13H9BrN4O2/c14-11-6-7-12(18(19)20)13(16-17-15)10(11)8-9-4-2-1-3-5-9/h1-7H,8H2. The summed E-state index contributed by atoms with van der Waals surface area (Å²) in [7, 11) is 0. The van der Waals surface area contributed by atoms with Gasteiger partial charge in [0.2, 0.25) is 0 Å². The largest absolute Gasteiger partial charge is 0.279 e. The van der Waals surface area contributed by atoms with Crippen molar-refractivity contribution in [3.05, 3.63) is 78.6 Å². The zero-order valence-corrected chi connectivity index (χ0v) is 11.8. The smallest absolute Gasteiger partial charge is 0.258 e. The van der Waals surface area contributed by atoms with E-state index in [0.717, 1.165) is 5.56 Å². The molecule has 0 spiro atoms. The Kier molecular flexibility index (Phi) is 4.34. The molecule has 2 aromatic carbocycles. The average Bonchev–Trinajstić information content (AvgIpc) is 2.44. The molecule has 0 saturated heterocycles. The number of hydrogen-bond acceptors (Lipinski definition) is 3. The van der Waals surface area contributed by atoms with Crippen molar-refractivity contribution in [2.24, 2.45) is 5.11 Å². The van der Waals surface area contributed by atoms with E-state index < -0.39 is 4.92 Å². The van der Waals surface area contributed by atoms with Crippen molar-refractivity contribution in [1.29, 1.82) is 0 Å². The first-order valence-electron chi connectivity index (χ1n) is 5.68. The summed E-state index contributed by atoms with van der Waals surface area (Å²) in [6, 6.07) is 12.4. The average molecular weight is 333 g/mol. The first-order chi connectivity index (χ1) is 9.63. The molecule has 0 aromatic heterocycles. The number of nitro benzene ring substituents is 1. The van der Waals surface area contributed by atoms with Crippen LogP contribution in [0.25, 0.3) is 10.4 Å². The predicted octanol–water partition coefficient (Wildman–Crippen LogP) is 4.89. The third-order valence-electron chi connectivity index (χ3n) is 2.77. The van der Waals surface area contributed by atoms with Crippen molar-refractivity contribution in [2.45, 2.75) is 6.42 Å². The maximum atomic E-state index is 11.0. The van der Waals surface area contributed by atoms with Crippen LogP contribution in [-0.4, -0.2) is 4.92 Å². The van der Waals surface area contributed by atoms with Crippen LogP contribution in [0.1, 0.15) is 11.1 Å². The summed E-state index contributed by atoms with van der Waals surface area (Å²) in [6.45, 7) is 0. The van der Waals surface area contributed by atoms with E-state index in [4.69, 9.17) is 5.53 Å². The van der Waals surface area contributed by atoms with Gasteiger partial charge in [-0.25, -0.2) is 0 Å². The number of nitro groups is 1. The van der Waals surface area contributed by atoms with E-state index in [1.165, 1.54) is 6.07 Å². The number of nitrogens with zero attached hydrogens (tertiary/aromatic N) is 4. The molecule has 0 aliphatic carbocycles. The Labute approximate surface area is 123 Å². The molecule has 7 heteroatoms. The summed E-state index contributed by atoms with van der Waals surface area (Å²) < 4.78 is 0.675.